The van der Waals surface area contributed by atoms with Crippen molar-refractivity contribution in [2.75, 3.05) is 4.90 Å². The molecule has 4 heteroatoms. The number of anilines is 1. The number of pyridine rings is 1. The van der Waals surface area contributed by atoms with Gasteiger partial charge in [-0.25, -0.2) is 0 Å². The molecule has 1 N–H and O–H groups in total. The molecule has 3 rings (SSSR count). The molecule has 135 valence electrons. The van der Waals surface area contributed by atoms with Gasteiger partial charge in [0.2, 0.25) is 0 Å². The highest BCUT2D eigenvalue weighted by atomic mass is 16.2. The van der Waals surface area contributed by atoms with Crippen molar-refractivity contribution in [3.63, 3.8) is 0 Å². The van der Waals surface area contributed by atoms with Crippen LogP contribution in [-0.4, -0.2) is 22.6 Å². The topological polar surface area (TPSA) is 57.1 Å². The van der Waals surface area contributed by atoms with Crippen LogP contribution in [0.2, 0.25) is 0 Å². The Morgan fingerprint density at radius 1 is 1.15 bits per heavy atom. The molecule has 1 aromatic heterocycles. The van der Waals surface area contributed by atoms with Gasteiger partial charge in [-0.3, -0.25) is 9.78 Å². The Bertz CT molecular complexity index is 734. The van der Waals surface area contributed by atoms with E-state index in [0.29, 0.717) is 23.4 Å². The van der Waals surface area contributed by atoms with Crippen LogP contribution in [0, 0.1) is 11.8 Å². The molecule has 0 unspecified atom stereocenters. The second-order valence-corrected chi connectivity index (χ2v) is 6.83. The van der Waals surface area contributed by atoms with Crippen LogP contribution in [-0.2, 0) is 0 Å². The van der Waals surface area contributed by atoms with E-state index in [1.165, 1.54) is 6.42 Å². The molecule has 0 spiro atoms. The highest BCUT2D eigenvalue weighted by Gasteiger charge is 2.28. The molecule has 0 bridgehead atoms. The first-order valence-electron chi connectivity index (χ1n) is 9.41. The molecule has 1 aliphatic carbocycles. The van der Waals surface area contributed by atoms with E-state index in [9.17, 15) is 4.79 Å². The Hall–Kier alpha value is -2.49. The van der Waals surface area contributed by atoms with Gasteiger partial charge in [0.05, 0.1) is 23.3 Å². The maximum atomic E-state index is 13.2. The van der Waals surface area contributed by atoms with Crippen molar-refractivity contribution in [3.05, 3.63) is 66.3 Å². The minimum absolute atomic E-state index is 0.0315. The standard InChI is InChI=1S/C22H26N3O/c1-2-9-20(23)21-15-14-19(16-24-21)25(18-12-7-4-8-13-18)22(26)17-10-5-3-6-11-17/h2-3,5-6,10-11,14-16,18,23H,4,7-9,12-13H2,1H3. The fourth-order valence-corrected chi connectivity index (χ4v) is 3.57. The van der Waals surface area contributed by atoms with Crippen molar-refractivity contribution in [1.29, 1.82) is 5.41 Å². The lowest BCUT2D eigenvalue weighted by Gasteiger charge is -2.34. The Morgan fingerprint density at radius 2 is 1.88 bits per heavy atom. The van der Waals surface area contributed by atoms with E-state index >= 15 is 0 Å². The van der Waals surface area contributed by atoms with Gasteiger partial charge >= 0.3 is 0 Å². The molecular weight excluding hydrogens is 322 g/mol. The molecule has 0 saturated heterocycles. The highest BCUT2D eigenvalue weighted by molar-refractivity contribution is 6.06. The van der Waals surface area contributed by atoms with Crippen LogP contribution in [0.25, 0.3) is 0 Å². The summed E-state index contributed by atoms with van der Waals surface area (Å²) in [5.74, 6) is 0.0315. The summed E-state index contributed by atoms with van der Waals surface area (Å²) in [6.45, 7) is 1.94. The number of carbonyl (C=O) groups is 1. The molecule has 1 aliphatic rings. The van der Waals surface area contributed by atoms with E-state index in [0.717, 1.165) is 31.4 Å². The number of carbonyl (C=O) groups excluding carboxylic acids is 1. The Balaban J connectivity index is 1.90. The molecule has 1 fully saturated rings. The molecule has 1 amide bonds. The minimum Gasteiger partial charge on any atom is -0.304 e. The van der Waals surface area contributed by atoms with E-state index < -0.39 is 0 Å². The van der Waals surface area contributed by atoms with Gasteiger partial charge in [-0.15, -0.1) is 0 Å². The number of benzene rings is 1. The van der Waals surface area contributed by atoms with Crippen molar-refractivity contribution in [1.82, 2.24) is 4.98 Å². The molecule has 1 saturated carbocycles. The summed E-state index contributed by atoms with van der Waals surface area (Å²) in [4.78, 5) is 19.6. The van der Waals surface area contributed by atoms with Gasteiger partial charge in [-0.05, 0) is 49.9 Å². The summed E-state index contributed by atoms with van der Waals surface area (Å²) in [6, 6.07) is 13.5. The molecule has 1 aromatic carbocycles. The number of rotatable bonds is 6. The van der Waals surface area contributed by atoms with E-state index in [1.807, 2.05) is 60.7 Å². The lowest BCUT2D eigenvalue weighted by Crippen LogP contribution is -2.41. The second kappa shape index (κ2) is 8.75. The van der Waals surface area contributed by atoms with Gasteiger partial charge in [-0.2, -0.15) is 0 Å². The van der Waals surface area contributed by atoms with Crippen LogP contribution in [0.15, 0.2) is 48.7 Å². The van der Waals surface area contributed by atoms with Crippen molar-refractivity contribution in [2.45, 2.75) is 51.5 Å². The first-order valence-corrected chi connectivity index (χ1v) is 9.41. The lowest BCUT2D eigenvalue weighted by molar-refractivity contribution is 0.0970. The fourth-order valence-electron chi connectivity index (χ4n) is 3.57. The van der Waals surface area contributed by atoms with E-state index in [2.05, 4.69) is 4.98 Å². The average molecular weight is 348 g/mol. The third kappa shape index (κ3) is 4.18. The van der Waals surface area contributed by atoms with Crippen molar-refractivity contribution < 1.29 is 4.79 Å². The summed E-state index contributed by atoms with van der Waals surface area (Å²) in [5.41, 5.74) is 2.69. The number of hydrogen-bond acceptors (Lipinski definition) is 3. The first-order chi connectivity index (χ1) is 12.7. The van der Waals surface area contributed by atoms with Crippen LogP contribution < -0.4 is 4.90 Å². The van der Waals surface area contributed by atoms with Gasteiger partial charge in [0.15, 0.2) is 0 Å². The lowest BCUT2D eigenvalue weighted by atomic mass is 9.93. The molecular formula is C22H26N3O. The third-order valence-electron chi connectivity index (χ3n) is 4.92. The summed E-state index contributed by atoms with van der Waals surface area (Å²) >= 11 is 0. The predicted molar refractivity (Wildman–Crippen MR) is 106 cm³/mol. The molecule has 2 aromatic rings. The monoisotopic (exact) mass is 348 g/mol. The average Bonchev–Trinajstić information content (AvgIpc) is 2.70. The smallest absolute Gasteiger partial charge is 0.258 e. The van der Waals surface area contributed by atoms with Crippen molar-refractivity contribution >= 4 is 17.3 Å². The maximum Gasteiger partial charge on any atom is 0.258 e. The second-order valence-electron chi connectivity index (χ2n) is 6.83. The van der Waals surface area contributed by atoms with Crippen molar-refractivity contribution in [2.24, 2.45) is 0 Å². The summed E-state index contributed by atoms with van der Waals surface area (Å²) in [5, 5.41) is 8.05. The molecule has 1 heterocycles. The van der Waals surface area contributed by atoms with Crippen LogP contribution in [0.1, 0.15) is 61.5 Å². The van der Waals surface area contributed by atoms with Crippen LogP contribution in [0.4, 0.5) is 5.69 Å². The van der Waals surface area contributed by atoms with Crippen LogP contribution in [0.5, 0.6) is 0 Å². The maximum absolute atomic E-state index is 13.2. The number of aromatic nitrogens is 1. The quantitative estimate of drug-likeness (QED) is 0.743. The van der Waals surface area contributed by atoms with Gasteiger partial charge in [-0.1, -0.05) is 44.4 Å². The number of hydrogen-bond donors (Lipinski definition) is 1. The van der Waals surface area contributed by atoms with Gasteiger partial charge in [0, 0.05) is 11.6 Å². The molecule has 0 aliphatic heterocycles. The zero-order valence-electron chi connectivity index (χ0n) is 15.3. The largest absolute Gasteiger partial charge is 0.304 e. The normalized spacial score (nSPS) is 14.8. The van der Waals surface area contributed by atoms with E-state index in [-0.39, 0.29) is 11.9 Å². The minimum atomic E-state index is 0.0315. The summed E-state index contributed by atoms with van der Waals surface area (Å²) < 4.78 is 0. The van der Waals surface area contributed by atoms with Crippen molar-refractivity contribution in [3.8, 4) is 0 Å². The zero-order valence-corrected chi connectivity index (χ0v) is 15.3. The van der Waals surface area contributed by atoms with Gasteiger partial charge < -0.3 is 10.3 Å². The molecule has 0 atom stereocenters. The van der Waals surface area contributed by atoms with Crippen LogP contribution in [0.3, 0.4) is 0 Å². The number of amides is 1. The summed E-state index contributed by atoms with van der Waals surface area (Å²) in [6.07, 6.45) is 9.91. The van der Waals surface area contributed by atoms with Gasteiger partial charge in [0.25, 0.3) is 5.91 Å². The number of nitrogens with zero attached hydrogens (tertiary/aromatic N) is 2. The summed E-state index contributed by atoms with van der Waals surface area (Å²) in [7, 11) is 0. The van der Waals surface area contributed by atoms with E-state index in [1.54, 1.807) is 6.20 Å². The Kier molecular flexibility index (Phi) is 6.16. The van der Waals surface area contributed by atoms with Crippen LogP contribution >= 0.6 is 0 Å². The predicted octanol–water partition coefficient (Wildman–Crippen LogP) is 5.04. The molecule has 26 heavy (non-hydrogen) atoms. The number of nitrogens with one attached hydrogen (secondary N) is 1. The SMILES string of the molecule is C[CH]CC(=N)c1ccc(N(C(=O)c2ccccc2)C2CCCCC2)cn1. The van der Waals surface area contributed by atoms with Gasteiger partial charge in [0.1, 0.15) is 0 Å². The Morgan fingerprint density at radius 3 is 2.50 bits per heavy atom. The fraction of sp³-hybridized carbons (Fsp3) is 0.364. The first kappa shape index (κ1) is 18.3. The zero-order chi connectivity index (χ0) is 18.4. The van der Waals surface area contributed by atoms with E-state index in [4.69, 9.17) is 5.41 Å². The molecule has 4 nitrogen and oxygen atoms in total. The third-order valence-corrected chi connectivity index (χ3v) is 4.92. The highest BCUT2D eigenvalue weighted by Crippen LogP contribution is 2.29. The molecule has 1 radical (unpaired) electrons. The Labute approximate surface area is 155 Å².